The summed E-state index contributed by atoms with van der Waals surface area (Å²) in [5.74, 6) is 0.958. The van der Waals surface area contributed by atoms with E-state index >= 15 is 0 Å². The van der Waals surface area contributed by atoms with Crippen LogP contribution in [0.5, 0.6) is 11.5 Å². The smallest absolute Gasteiger partial charge is 0.284 e. The Bertz CT molecular complexity index is 1240. The van der Waals surface area contributed by atoms with Gasteiger partial charge >= 0.3 is 0 Å². The van der Waals surface area contributed by atoms with Crippen LogP contribution in [0.1, 0.15) is 63.5 Å². The molecule has 0 aliphatic carbocycles. The third kappa shape index (κ3) is 7.85. The maximum absolute atomic E-state index is 13.1. The number of sulfonamides is 1. The molecular weight excluding hydrogens is 508 g/mol. The highest BCUT2D eigenvalue weighted by Crippen LogP contribution is 2.35. The van der Waals surface area contributed by atoms with Crippen LogP contribution < -0.4 is 9.47 Å². The molecule has 0 spiro atoms. The summed E-state index contributed by atoms with van der Waals surface area (Å²) in [6, 6.07) is 12.0. The first-order chi connectivity index (χ1) is 17.8. The Morgan fingerprint density at radius 3 is 2.35 bits per heavy atom. The maximum atomic E-state index is 13.1. The molecule has 1 aliphatic rings. The zero-order valence-electron chi connectivity index (χ0n) is 22.0. The van der Waals surface area contributed by atoms with Crippen molar-refractivity contribution >= 4 is 38.9 Å². The molecule has 200 valence electrons. The van der Waals surface area contributed by atoms with Gasteiger partial charge in [0.25, 0.3) is 15.9 Å². The number of benzene rings is 2. The Hall–Kier alpha value is -2.78. The fraction of sp³-hybridized carbons (Fsp3) is 0.429. The van der Waals surface area contributed by atoms with Crippen LogP contribution in [0.15, 0.2) is 56.7 Å². The third-order valence-electron chi connectivity index (χ3n) is 5.96. The lowest BCUT2D eigenvalue weighted by Crippen LogP contribution is -2.29. The molecule has 0 atom stereocenters. The fourth-order valence-electron chi connectivity index (χ4n) is 3.83. The molecule has 1 amide bonds. The van der Waals surface area contributed by atoms with E-state index < -0.39 is 10.0 Å². The monoisotopic (exact) mass is 544 g/mol. The quantitative estimate of drug-likeness (QED) is 0.214. The van der Waals surface area contributed by atoms with E-state index in [0.717, 1.165) is 35.7 Å². The van der Waals surface area contributed by atoms with Gasteiger partial charge in [-0.2, -0.15) is 8.42 Å². The summed E-state index contributed by atoms with van der Waals surface area (Å²) in [6.07, 6.45) is 8.77. The number of rotatable bonds is 13. The zero-order chi connectivity index (χ0) is 26.8. The minimum Gasteiger partial charge on any atom is -0.493 e. The summed E-state index contributed by atoms with van der Waals surface area (Å²) >= 11 is 1.05. The standard InChI is InChI=1S/C28H36N2O5S2/c1-5-7-8-9-10-11-18-35-25-19-22(14-17-24(25)34-4)20-26-27(31)30(6-2)28(36-26)29-37(32,33)23-15-12-21(3)13-16-23/h12-17,19-20H,5-11,18H2,1-4H3/b26-20-,29-28?. The second-order valence-corrected chi connectivity index (χ2v) is 11.5. The van der Waals surface area contributed by atoms with Gasteiger partial charge in [-0.05, 0) is 67.9 Å². The van der Waals surface area contributed by atoms with Gasteiger partial charge in [0.1, 0.15) is 0 Å². The number of unbranched alkanes of at least 4 members (excludes halogenated alkanes) is 5. The molecule has 0 aromatic heterocycles. The predicted molar refractivity (Wildman–Crippen MR) is 151 cm³/mol. The molecule has 2 aromatic carbocycles. The Kier molecular flexibility index (Phi) is 10.6. The minimum atomic E-state index is -3.95. The lowest BCUT2D eigenvalue weighted by molar-refractivity contribution is -0.122. The number of hydrogen-bond donors (Lipinski definition) is 0. The van der Waals surface area contributed by atoms with E-state index in [9.17, 15) is 13.2 Å². The molecule has 1 saturated heterocycles. The normalized spacial score (nSPS) is 16.1. The Labute approximate surface area is 225 Å². The van der Waals surface area contributed by atoms with E-state index in [-0.39, 0.29) is 16.0 Å². The highest BCUT2D eigenvalue weighted by Gasteiger charge is 2.34. The van der Waals surface area contributed by atoms with Gasteiger partial charge < -0.3 is 9.47 Å². The first kappa shape index (κ1) is 28.8. The van der Waals surface area contributed by atoms with Gasteiger partial charge in [0, 0.05) is 6.54 Å². The second kappa shape index (κ2) is 13.7. The van der Waals surface area contributed by atoms with E-state index in [2.05, 4.69) is 11.3 Å². The highest BCUT2D eigenvalue weighted by molar-refractivity contribution is 8.19. The number of amidine groups is 1. The Balaban J connectivity index is 1.77. The van der Waals surface area contributed by atoms with E-state index in [4.69, 9.17) is 9.47 Å². The van der Waals surface area contributed by atoms with Gasteiger partial charge in [-0.1, -0.05) is 62.8 Å². The lowest BCUT2D eigenvalue weighted by atomic mass is 10.1. The molecule has 0 N–H and O–H groups in total. The number of amides is 1. The van der Waals surface area contributed by atoms with Gasteiger partial charge in [0.2, 0.25) is 0 Å². The van der Waals surface area contributed by atoms with Gasteiger partial charge in [-0.3, -0.25) is 9.69 Å². The predicted octanol–water partition coefficient (Wildman–Crippen LogP) is 6.42. The molecule has 1 fully saturated rings. The van der Waals surface area contributed by atoms with Crippen LogP contribution in [-0.2, 0) is 14.8 Å². The second-order valence-electron chi connectivity index (χ2n) is 8.85. The van der Waals surface area contributed by atoms with E-state index in [1.807, 2.05) is 25.1 Å². The van der Waals surface area contributed by atoms with Crippen LogP contribution in [0.2, 0.25) is 0 Å². The number of thioether (sulfide) groups is 1. The number of carbonyl (C=O) groups excluding carboxylic acids is 1. The van der Waals surface area contributed by atoms with Crippen molar-refractivity contribution < 1.29 is 22.7 Å². The van der Waals surface area contributed by atoms with Crippen molar-refractivity contribution in [2.45, 2.75) is 64.2 Å². The summed E-state index contributed by atoms with van der Waals surface area (Å²) in [4.78, 5) is 14.9. The number of methoxy groups -OCH3 is 1. The molecule has 1 heterocycles. The molecule has 0 bridgehead atoms. The van der Waals surface area contributed by atoms with Crippen molar-refractivity contribution in [2.24, 2.45) is 4.40 Å². The third-order valence-corrected chi connectivity index (χ3v) is 8.37. The molecule has 9 heteroatoms. The Morgan fingerprint density at radius 2 is 1.68 bits per heavy atom. The van der Waals surface area contributed by atoms with Crippen LogP contribution in [0.25, 0.3) is 6.08 Å². The van der Waals surface area contributed by atoms with E-state index in [1.165, 1.54) is 42.7 Å². The topological polar surface area (TPSA) is 85.3 Å². The lowest BCUT2D eigenvalue weighted by Gasteiger charge is -2.12. The molecule has 2 aromatic rings. The number of aryl methyl sites for hydroxylation is 1. The van der Waals surface area contributed by atoms with Crippen LogP contribution in [0, 0.1) is 6.92 Å². The van der Waals surface area contributed by atoms with Crippen molar-refractivity contribution in [1.82, 2.24) is 4.90 Å². The molecule has 7 nitrogen and oxygen atoms in total. The Morgan fingerprint density at radius 1 is 0.973 bits per heavy atom. The van der Waals surface area contributed by atoms with Crippen molar-refractivity contribution in [3.8, 4) is 11.5 Å². The van der Waals surface area contributed by atoms with Gasteiger partial charge in [0.05, 0.1) is 23.5 Å². The van der Waals surface area contributed by atoms with E-state index in [1.54, 1.807) is 32.2 Å². The summed E-state index contributed by atoms with van der Waals surface area (Å²) in [7, 11) is -2.35. The van der Waals surface area contributed by atoms with Crippen molar-refractivity contribution in [3.63, 3.8) is 0 Å². The van der Waals surface area contributed by atoms with Crippen LogP contribution in [0.4, 0.5) is 0 Å². The summed E-state index contributed by atoms with van der Waals surface area (Å²) in [5.41, 5.74) is 1.71. The van der Waals surface area contributed by atoms with Gasteiger partial charge in [0.15, 0.2) is 16.7 Å². The van der Waals surface area contributed by atoms with Crippen LogP contribution in [0.3, 0.4) is 0 Å². The van der Waals surface area contributed by atoms with Crippen molar-refractivity contribution in [1.29, 1.82) is 0 Å². The molecule has 37 heavy (non-hydrogen) atoms. The molecule has 0 unspecified atom stereocenters. The summed E-state index contributed by atoms with van der Waals surface area (Å²) in [6.45, 7) is 6.77. The largest absolute Gasteiger partial charge is 0.493 e. The number of ether oxygens (including phenoxy) is 2. The zero-order valence-corrected chi connectivity index (χ0v) is 23.7. The van der Waals surface area contributed by atoms with Gasteiger partial charge in [-0.25, -0.2) is 0 Å². The first-order valence-corrected chi connectivity index (χ1v) is 15.0. The number of nitrogens with zero attached hydrogens (tertiary/aromatic N) is 2. The van der Waals surface area contributed by atoms with Crippen molar-refractivity contribution in [2.75, 3.05) is 20.3 Å². The average Bonchev–Trinajstić information content (AvgIpc) is 3.16. The summed E-state index contributed by atoms with van der Waals surface area (Å²) in [5, 5.41) is 0.146. The number of likely N-dealkylation sites (N-methyl/N-ethyl adjacent to an activating group) is 1. The van der Waals surface area contributed by atoms with E-state index in [0.29, 0.717) is 29.6 Å². The molecule has 0 radical (unpaired) electrons. The molecule has 3 rings (SSSR count). The number of hydrogen-bond acceptors (Lipinski definition) is 6. The SMILES string of the molecule is CCCCCCCCOc1cc(/C=C2\SC(=NS(=O)(=O)c3ccc(C)cc3)N(CC)C2=O)ccc1OC. The van der Waals surface area contributed by atoms with Crippen LogP contribution >= 0.6 is 11.8 Å². The maximum Gasteiger partial charge on any atom is 0.284 e. The fourth-order valence-corrected chi connectivity index (χ4v) is 6.08. The van der Waals surface area contributed by atoms with Crippen LogP contribution in [-0.4, -0.2) is 44.7 Å². The molecule has 0 saturated carbocycles. The molecular formula is C28H36N2O5S2. The molecule has 1 aliphatic heterocycles. The van der Waals surface area contributed by atoms with Gasteiger partial charge in [-0.15, -0.1) is 4.40 Å². The minimum absolute atomic E-state index is 0.0921. The average molecular weight is 545 g/mol. The highest BCUT2D eigenvalue weighted by atomic mass is 32.2. The van der Waals surface area contributed by atoms with Crippen molar-refractivity contribution in [3.05, 3.63) is 58.5 Å². The summed E-state index contributed by atoms with van der Waals surface area (Å²) < 4.78 is 41.2. The number of carbonyl (C=O) groups is 1. The first-order valence-electron chi connectivity index (χ1n) is 12.7.